The number of halogens is 3. The van der Waals surface area contributed by atoms with Gasteiger partial charge in [-0.3, -0.25) is 4.72 Å². The Bertz CT molecular complexity index is 849. The average Bonchev–Trinajstić information content (AvgIpc) is 2.43. The molecule has 0 aliphatic carbocycles. The van der Waals surface area contributed by atoms with Crippen molar-refractivity contribution in [3.8, 4) is 6.07 Å². The fourth-order valence-corrected chi connectivity index (χ4v) is 3.03. The molecular formula is C11H5Cl3N4O2S. The molecule has 0 saturated carbocycles. The first-order valence-electron chi connectivity index (χ1n) is 5.23. The Hall–Kier alpha value is -1.59. The highest BCUT2D eigenvalue weighted by Crippen LogP contribution is 2.28. The van der Waals surface area contributed by atoms with Crippen LogP contribution in [0.2, 0.25) is 15.2 Å². The highest BCUT2D eigenvalue weighted by molar-refractivity contribution is 7.92. The standard InChI is InChI=1S/C11H5Cl3N4O2S/c12-8-3-7(2-1-6(8)4-15)21(19,20)18-11-9(13)10(14)16-5-17-11/h1-3,5H,(H,16,17,18). The highest BCUT2D eigenvalue weighted by atomic mass is 35.5. The van der Waals surface area contributed by atoms with E-state index >= 15 is 0 Å². The number of benzene rings is 1. The Morgan fingerprint density at radius 2 is 1.90 bits per heavy atom. The quantitative estimate of drug-likeness (QED) is 0.845. The van der Waals surface area contributed by atoms with Gasteiger partial charge < -0.3 is 0 Å². The SMILES string of the molecule is N#Cc1ccc(S(=O)(=O)Nc2ncnc(Cl)c2Cl)cc1Cl. The maximum atomic E-state index is 12.2. The number of aromatic nitrogens is 2. The lowest BCUT2D eigenvalue weighted by Gasteiger charge is -2.09. The van der Waals surface area contributed by atoms with E-state index in [4.69, 9.17) is 40.1 Å². The van der Waals surface area contributed by atoms with Gasteiger partial charge in [-0.25, -0.2) is 18.4 Å². The Morgan fingerprint density at radius 1 is 1.19 bits per heavy atom. The van der Waals surface area contributed by atoms with Crippen LogP contribution in [0.3, 0.4) is 0 Å². The molecule has 1 aromatic carbocycles. The number of nitrogens with zero attached hydrogens (tertiary/aromatic N) is 3. The minimum absolute atomic E-state index is 0.0205. The van der Waals surface area contributed by atoms with Crippen molar-refractivity contribution in [1.29, 1.82) is 5.26 Å². The lowest BCUT2D eigenvalue weighted by atomic mass is 10.2. The molecule has 21 heavy (non-hydrogen) atoms. The summed E-state index contributed by atoms with van der Waals surface area (Å²) in [5.74, 6) is -0.155. The van der Waals surface area contributed by atoms with Crippen molar-refractivity contribution in [2.24, 2.45) is 0 Å². The van der Waals surface area contributed by atoms with E-state index in [2.05, 4.69) is 14.7 Å². The van der Waals surface area contributed by atoms with Crippen LogP contribution in [0.4, 0.5) is 5.82 Å². The van der Waals surface area contributed by atoms with Gasteiger partial charge in [-0.05, 0) is 18.2 Å². The number of hydrogen-bond acceptors (Lipinski definition) is 5. The van der Waals surface area contributed by atoms with Gasteiger partial charge in [-0.15, -0.1) is 0 Å². The van der Waals surface area contributed by atoms with Gasteiger partial charge in [-0.1, -0.05) is 34.8 Å². The van der Waals surface area contributed by atoms with Crippen LogP contribution >= 0.6 is 34.8 Å². The molecule has 0 spiro atoms. The summed E-state index contributed by atoms with van der Waals surface area (Å²) in [5, 5.41) is 8.58. The molecule has 1 N–H and O–H groups in total. The first kappa shape index (κ1) is 15.8. The maximum Gasteiger partial charge on any atom is 0.263 e. The van der Waals surface area contributed by atoms with Crippen LogP contribution in [0.1, 0.15) is 5.56 Å². The molecule has 1 aromatic heterocycles. The number of rotatable bonds is 3. The van der Waals surface area contributed by atoms with E-state index in [0.717, 1.165) is 12.4 Å². The van der Waals surface area contributed by atoms with Gasteiger partial charge in [0, 0.05) is 0 Å². The number of nitrogens with one attached hydrogen (secondary N) is 1. The summed E-state index contributed by atoms with van der Waals surface area (Å²) in [5.41, 5.74) is 0.165. The number of sulfonamides is 1. The van der Waals surface area contributed by atoms with Gasteiger partial charge in [-0.2, -0.15) is 5.26 Å². The number of anilines is 1. The second-order valence-corrected chi connectivity index (χ2v) is 6.51. The summed E-state index contributed by atoms with van der Waals surface area (Å²) < 4.78 is 26.6. The summed E-state index contributed by atoms with van der Waals surface area (Å²) in [6.45, 7) is 0. The van der Waals surface area contributed by atoms with Gasteiger partial charge >= 0.3 is 0 Å². The van der Waals surface area contributed by atoms with Crippen LogP contribution in [0.25, 0.3) is 0 Å². The maximum absolute atomic E-state index is 12.2. The van der Waals surface area contributed by atoms with Gasteiger partial charge in [0.2, 0.25) is 0 Å². The zero-order valence-corrected chi connectivity index (χ0v) is 13.1. The topological polar surface area (TPSA) is 95.7 Å². The Labute approximate surface area is 135 Å². The number of hydrogen-bond donors (Lipinski definition) is 1. The summed E-state index contributed by atoms with van der Waals surface area (Å²) in [6, 6.07) is 5.52. The third kappa shape index (κ3) is 3.36. The molecule has 2 aromatic rings. The minimum atomic E-state index is -3.98. The monoisotopic (exact) mass is 362 g/mol. The van der Waals surface area contributed by atoms with E-state index < -0.39 is 10.0 Å². The van der Waals surface area contributed by atoms with Gasteiger partial charge in [0.1, 0.15) is 17.4 Å². The molecule has 0 aliphatic heterocycles. The van der Waals surface area contributed by atoms with Crippen LogP contribution in [0, 0.1) is 11.3 Å². The number of nitriles is 1. The second-order valence-electron chi connectivity index (χ2n) is 3.69. The van der Waals surface area contributed by atoms with E-state index in [1.165, 1.54) is 12.1 Å². The first-order valence-corrected chi connectivity index (χ1v) is 7.85. The molecular weight excluding hydrogens is 359 g/mol. The van der Waals surface area contributed by atoms with Crippen LogP contribution in [-0.2, 0) is 10.0 Å². The summed E-state index contributed by atoms with van der Waals surface area (Å²) in [6.07, 6.45) is 1.07. The lowest BCUT2D eigenvalue weighted by Crippen LogP contribution is -2.14. The average molecular weight is 364 g/mol. The van der Waals surface area contributed by atoms with Gasteiger partial charge in [0.05, 0.1) is 15.5 Å². The first-order chi connectivity index (χ1) is 9.85. The normalized spacial score (nSPS) is 11.0. The predicted molar refractivity (Wildman–Crippen MR) is 79.0 cm³/mol. The van der Waals surface area contributed by atoms with Crippen molar-refractivity contribution in [2.45, 2.75) is 4.90 Å². The van der Waals surface area contributed by atoms with E-state index in [-0.39, 0.29) is 31.5 Å². The summed E-state index contributed by atoms with van der Waals surface area (Å²) >= 11 is 17.3. The van der Waals surface area contributed by atoms with Crippen molar-refractivity contribution in [3.63, 3.8) is 0 Å². The molecule has 0 unspecified atom stereocenters. The molecule has 0 radical (unpaired) electrons. The molecule has 10 heteroatoms. The largest absolute Gasteiger partial charge is 0.263 e. The summed E-state index contributed by atoms with van der Waals surface area (Å²) in [7, 11) is -3.98. The molecule has 1 heterocycles. The van der Waals surface area contributed by atoms with E-state index in [1.807, 2.05) is 6.07 Å². The molecule has 0 saturated heterocycles. The Morgan fingerprint density at radius 3 is 2.52 bits per heavy atom. The Kier molecular flexibility index (Phi) is 4.54. The zero-order valence-electron chi connectivity index (χ0n) is 10.0. The van der Waals surface area contributed by atoms with Crippen molar-refractivity contribution in [2.75, 3.05) is 4.72 Å². The van der Waals surface area contributed by atoms with E-state index in [9.17, 15) is 8.42 Å². The van der Waals surface area contributed by atoms with Gasteiger partial charge in [0.15, 0.2) is 11.0 Å². The van der Waals surface area contributed by atoms with Crippen molar-refractivity contribution < 1.29 is 8.42 Å². The van der Waals surface area contributed by atoms with Crippen molar-refractivity contribution >= 4 is 50.6 Å². The molecule has 0 fully saturated rings. The molecule has 0 aliphatic rings. The smallest absolute Gasteiger partial charge is 0.262 e. The molecule has 0 atom stereocenters. The Balaban J connectivity index is 2.41. The highest BCUT2D eigenvalue weighted by Gasteiger charge is 2.19. The molecule has 108 valence electrons. The third-order valence-electron chi connectivity index (χ3n) is 2.35. The minimum Gasteiger partial charge on any atom is -0.262 e. The van der Waals surface area contributed by atoms with Crippen LogP contribution < -0.4 is 4.72 Å². The zero-order chi connectivity index (χ0) is 15.6. The van der Waals surface area contributed by atoms with Crippen LogP contribution in [-0.4, -0.2) is 18.4 Å². The fraction of sp³-hybridized carbons (Fsp3) is 0. The van der Waals surface area contributed by atoms with Gasteiger partial charge in [0.25, 0.3) is 10.0 Å². The predicted octanol–water partition coefficient (Wildman–Crippen LogP) is 3.11. The molecule has 0 amide bonds. The van der Waals surface area contributed by atoms with Crippen LogP contribution in [0.5, 0.6) is 0 Å². The lowest BCUT2D eigenvalue weighted by molar-refractivity contribution is 0.601. The summed E-state index contributed by atoms with van der Waals surface area (Å²) in [4.78, 5) is 7.17. The fourth-order valence-electron chi connectivity index (χ4n) is 1.36. The van der Waals surface area contributed by atoms with Crippen molar-refractivity contribution in [1.82, 2.24) is 9.97 Å². The van der Waals surface area contributed by atoms with E-state index in [1.54, 1.807) is 0 Å². The van der Waals surface area contributed by atoms with Crippen molar-refractivity contribution in [3.05, 3.63) is 45.3 Å². The molecule has 0 bridgehead atoms. The van der Waals surface area contributed by atoms with Crippen LogP contribution in [0.15, 0.2) is 29.4 Å². The molecule has 2 rings (SSSR count). The second kappa shape index (κ2) is 6.03. The third-order valence-corrected chi connectivity index (χ3v) is 4.74. The van der Waals surface area contributed by atoms with E-state index in [0.29, 0.717) is 0 Å². The molecule has 6 nitrogen and oxygen atoms in total.